The lowest BCUT2D eigenvalue weighted by Gasteiger charge is -2.14. The molecule has 0 heterocycles. The Hall–Kier alpha value is -2.36. The zero-order valence-corrected chi connectivity index (χ0v) is 12.5. The van der Waals surface area contributed by atoms with Gasteiger partial charge in [-0.3, -0.25) is 4.79 Å². The minimum atomic E-state index is -0.933. The van der Waals surface area contributed by atoms with Crippen molar-refractivity contribution in [3.05, 3.63) is 65.5 Å². The second-order valence-corrected chi connectivity index (χ2v) is 5.08. The summed E-state index contributed by atoms with van der Waals surface area (Å²) in [5.74, 6) is -1.27. The quantitative estimate of drug-likeness (QED) is 0.840. The molecule has 4 heteroatoms. The van der Waals surface area contributed by atoms with Gasteiger partial charge < -0.3 is 9.84 Å². The largest absolute Gasteiger partial charge is 0.494 e. The molecule has 0 saturated carbocycles. The molecule has 0 saturated heterocycles. The van der Waals surface area contributed by atoms with Crippen molar-refractivity contribution >= 4 is 5.97 Å². The van der Waals surface area contributed by atoms with Crippen molar-refractivity contribution in [1.82, 2.24) is 0 Å². The molecule has 0 aliphatic heterocycles. The molecule has 2 aromatic rings. The smallest absolute Gasteiger partial charge is 0.311 e. The number of carboxylic acid groups (broad SMARTS) is 1. The topological polar surface area (TPSA) is 46.5 Å². The number of benzene rings is 2. The van der Waals surface area contributed by atoms with Crippen molar-refractivity contribution in [1.29, 1.82) is 0 Å². The molecular weight excluding hydrogens is 283 g/mol. The van der Waals surface area contributed by atoms with E-state index in [1.165, 1.54) is 29.8 Å². The monoisotopic (exact) mass is 302 g/mol. The number of rotatable bonds is 7. The Morgan fingerprint density at radius 3 is 2.59 bits per heavy atom. The summed E-state index contributed by atoms with van der Waals surface area (Å²) in [6, 6.07) is 13.3. The van der Waals surface area contributed by atoms with Crippen LogP contribution in [0, 0.1) is 5.82 Å². The van der Waals surface area contributed by atoms with Crippen molar-refractivity contribution in [3.8, 4) is 5.75 Å². The van der Waals surface area contributed by atoms with Crippen LogP contribution in [-0.2, 0) is 11.2 Å². The number of aliphatic carboxylic acids is 1. The minimum absolute atomic E-state index is 0.293. The van der Waals surface area contributed by atoms with Crippen molar-refractivity contribution in [3.63, 3.8) is 0 Å². The molecule has 22 heavy (non-hydrogen) atoms. The first-order chi connectivity index (χ1) is 10.6. The Labute approximate surface area is 129 Å². The van der Waals surface area contributed by atoms with E-state index in [9.17, 15) is 14.3 Å². The molecule has 1 N–H and O–H groups in total. The number of aryl methyl sites for hydroxylation is 1. The average molecular weight is 302 g/mol. The van der Waals surface area contributed by atoms with Gasteiger partial charge in [0.05, 0.1) is 12.5 Å². The molecular formula is C18H19FO3. The first kappa shape index (κ1) is 16.0. The summed E-state index contributed by atoms with van der Waals surface area (Å²) in [5, 5.41) is 9.33. The summed E-state index contributed by atoms with van der Waals surface area (Å²) >= 11 is 0. The first-order valence-electron chi connectivity index (χ1n) is 7.30. The molecule has 0 bridgehead atoms. The van der Waals surface area contributed by atoms with Crippen LogP contribution in [0.3, 0.4) is 0 Å². The Morgan fingerprint density at radius 2 is 1.95 bits per heavy atom. The highest BCUT2D eigenvalue weighted by atomic mass is 19.1. The maximum Gasteiger partial charge on any atom is 0.311 e. The van der Waals surface area contributed by atoms with Crippen molar-refractivity contribution in [2.45, 2.75) is 25.7 Å². The van der Waals surface area contributed by atoms with Gasteiger partial charge in [-0.05, 0) is 48.2 Å². The second-order valence-electron chi connectivity index (χ2n) is 5.08. The third-order valence-corrected chi connectivity index (χ3v) is 3.55. The van der Waals surface area contributed by atoms with E-state index in [0.717, 1.165) is 12.2 Å². The maximum absolute atomic E-state index is 12.9. The molecule has 0 radical (unpaired) electrons. The first-order valence-corrected chi connectivity index (χ1v) is 7.30. The van der Waals surface area contributed by atoms with Gasteiger partial charge in [-0.15, -0.1) is 0 Å². The average Bonchev–Trinajstić information content (AvgIpc) is 2.52. The molecule has 0 aliphatic carbocycles. The van der Waals surface area contributed by atoms with Crippen LogP contribution in [0.5, 0.6) is 5.75 Å². The molecule has 0 aliphatic rings. The SMILES string of the molecule is CCc1cccc(OCCC(C(=O)O)c2ccc(F)cc2)c1. The van der Waals surface area contributed by atoms with Crippen LogP contribution in [0.25, 0.3) is 0 Å². The Morgan fingerprint density at radius 1 is 1.23 bits per heavy atom. The van der Waals surface area contributed by atoms with Gasteiger partial charge in [-0.2, -0.15) is 0 Å². The van der Waals surface area contributed by atoms with Crippen molar-refractivity contribution in [2.24, 2.45) is 0 Å². The highest BCUT2D eigenvalue weighted by molar-refractivity contribution is 5.76. The van der Waals surface area contributed by atoms with Crippen molar-refractivity contribution in [2.75, 3.05) is 6.61 Å². The standard InChI is InChI=1S/C18H19FO3/c1-2-13-4-3-5-16(12-13)22-11-10-17(18(20)21)14-6-8-15(19)9-7-14/h3-9,12,17H,2,10-11H2,1H3,(H,20,21). The summed E-state index contributed by atoms with van der Waals surface area (Å²) in [5.41, 5.74) is 1.76. The lowest BCUT2D eigenvalue weighted by molar-refractivity contribution is -0.139. The van der Waals surface area contributed by atoms with Gasteiger partial charge in [0.25, 0.3) is 0 Å². The van der Waals surface area contributed by atoms with Crippen molar-refractivity contribution < 1.29 is 19.0 Å². The van der Waals surface area contributed by atoms with E-state index in [1.54, 1.807) is 0 Å². The molecule has 3 nitrogen and oxygen atoms in total. The van der Waals surface area contributed by atoms with Crippen LogP contribution in [0.4, 0.5) is 4.39 Å². The summed E-state index contributed by atoms with van der Waals surface area (Å²) < 4.78 is 18.6. The van der Waals surface area contributed by atoms with E-state index in [2.05, 4.69) is 6.92 Å². The van der Waals surface area contributed by atoms with Crippen LogP contribution in [-0.4, -0.2) is 17.7 Å². The molecule has 1 unspecified atom stereocenters. The van der Waals surface area contributed by atoms with Crippen LogP contribution in [0.1, 0.15) is 30.4 Å². The van der Waals surface area contributed by atoms with Gasteiger partial charge in [0.2, 0.25) is 0 Å². The minimum Gasteiger partial charge on any atom is -0.494 e. The highest BCUT2D eigenvalue weighted by Gasteiger charge is 2.19. The van der Waals surface area contributed by atoms with E-state index in [-0.39, 0.29) is 5.82 Å². The Balaban J connectivity index is 1.97. The Kier molecular flexibility index (Phi) is 5.53. The summed E-state index contributed by atoms with van der Waals surface area (Å²) in [6.45, 7) is 2.36. The number of carbonyl (C=O) groups is 1. The van der Waals surface area contributed by atoms with E-state index < -0.39 is 11.9 Å². The van der Waals surface area contributed by atoms with Crippen LogP contribution in [0.15, 0.2) is 48.5 Å². The lowest BCUT2D eigenvalue weighted by atomic mass is 9.96. The highest BCUT2D eigenvalue weighted by Crippen LogP contribution is 2.22. The van der Waals surface area contributed by atoms with Gasteiger partial charge in [0.1, 0.15) is 11.6 Å². The summed E-state index contributed by atoms with van der Waals surface area (Å²) in [7, 11) is 0. The normalized spacial score (nSPS) is 11.9. The van der Waals surface area contributed by atoms with Crippen LogP contribution >= 0.6 is 0 Å². The van der Waals surface area contributed by atoms with E-state index in [0.29, 0.717) is 18.6 Å². The summed E-state index contributed by atoms with van der Waals surface area (Å²) in [4.78, 5) is 11.4. The molecule has 0 amide bonds. The van der Waals surface area contributed by atoms with Crippen LogP contribution < -0.4 is 4.74 Å². The fourth-order valence-electron chi connectivity index (χ4n) is 2.28. The molecule has 2 aromatic carbocycles. The molecule has 0 spiro atoms. The third kappa shape index (κ3) is 4.32. The van der Waals surface area contributed by atoms with E-state index >= 15 is 0 Å². The maximum atomic E-state index is 12.9. The fraction of sp³-hybridized carbons (Fsp3) is 0.278. The molecule has 0 aromatic heterocycles. The lowest BCUT2D eigenvalue weighted by Crippen LogP contribution is -2.15. The third-order valence-electron chi connectivity index (χ3n) is 3.55. The molecule has 116 valence electrons. The number of hydrogen-bond acceptors (Lipinski definition) is 2. The molecule has 1 atom stereocenters. The van der Waals surface area contributed by atoms with Gasteiger partial charge in [0, 0.05) is 0 Å². The number of carboxylic acids is 1. The van der Waals surface area contributed by atoms with E-state index in [1.807, 2.05) is 24.3 Å². The Bertz CT molecular complexity index is 622. The molecule has 2 rings (SSSR count). The fourth-order valence-corrected chi connectivity index (χ4v) is 2.28. The van der Waals surface area contributed by atoms with Gasteiger partial charge in [-0.1, -0.05) is 31.2 Å². The van der Waals surface area contributed by atoms with Gasteiger partial charge in [0.15, 0.2) is 0 Å². The molecule has 0 fully saturated rings. The van der Waals surface area contributed by atoms with Gasteiger partial charge >= 0.3 is 5.97 Å². The van der Waals surface area contributed by atoms with Crippen LogP contribution in [0.2, 0.25) is 0 Å². The second kappa shape index (κ2) is 7.59. The predicted molar refractivity (Wildman–Crippen MR) is 82.7 cm³/mol. The number of halogens is 1. The number of ether oxygens (including phenoxy) is 1. The predicted octanol–water partition coefficient (Wildman–Crippen LogP) is 4.03. The zero-order valence-electron chi connectivity index (χ0n) is 12.5. The van der Waals surface area contributed by atoms with E-state index in [4.69, 9.17) is 4.74 Å². The summed E-state index contributed by atoms with van der Waals surface area (Å²) in [6.07, 6.45) is 1.25. The van der Waals surface area contributed by atoms with Gasteiger partial charge in [-0.25, -0.2) is 4.39 Å². The number of hydrogen-bond donors (Lipinski definition) is 1. The zero-order chi connectivity index (χ0) is 15.9.